The molecule has 1 unspecified atom stereocenters. The van der Waals surface area contributed by atoms with E-state index in [0.29, 0.717) is 6.42 Å². The van der Waals surface area contributed by atoms with Crippen molar-refractivity contribution in [1.29, 1.82) is 0 Å². The van der Waals surface area contributed by atoms with Gasteiger partial charge in [0, 0.05) is 6.04 Å². The molecule has 0 aliphatic rings. The lowest BCUT2D eigenvalue weighted by molar-refractivity contribution is -0.121. The van der Waals surface area contributed by atoms with Gasteiger partial charge in [-0.15, -0.1) is 0 Å². The van der Waals surface area contributed by atoms with Gasteiger partial charge in [0.15, 0.2) is 0 Å². The van der Waals surface area contributed by atoms with Crippen molar-refractivity contribution in [3.8, 4) is 0 Å². The topological polar surface area (TPSA) is 29.1 Å². The van der Waals surface area contributed by atoms with Crippen LogP contribution in [0.1, 0.15) is 38.8 Å². The van der Waals surface area contributed by atoms with Crippen molar-refractivity contribution < 1.29 is 4.79 Å². The molecular weight excluding hydrogens is 210 g/mol. The van der Waals surface area contributed by atoms with Gasteiger partial charge in [-0.25, -0.2) is 0 Å². The van der Waals surface area contributed by atoms with Gasteiger partial charge in [-0.2, -0.15) is 0 Å². The lowest BCUT2D eigenvalue weighted by Crippen LogP contribution is -2.42. The molecule has 1 rings (SSSR count). The van der Waals surface area contributed by atoms with Crippen LogP contribution in [-0.4, -0.2) is 11.9 Å². The smallest absolute Gasteiger partial charge is 0.224 e. The van der Waals surface area contributed by atoms with Gasteiger partial charge in [0.05, 0.1) is 6.42 Å². The second-order valence-corrected chi connectivity index (χ2v) is 5.82. The van der Waals surface area contributed by atoms with E-state index in [-0.39, 0.29) is 17.4 Å². The molecule has 0 bridgehead atoms. The standard InChI is InChI=1S/C15H23NO/c1-11-6-8-13(9-7-11)10-14(17)16-12(2)15(3,4)5/h6-9,12H,10H2,1-5H3,(H,16,17). The van der Waals surface area contributed by atoms with Gasteiger partial charge in [0.25, 0.3) is 0 Å². The third kappa shape index (κ3) is 4.59. The Morgan fingerprint density at radius 3 is 2.24 bits per heavy atom. The first-order valence-corrected chi connectivity index (χ1v) is 6.14. The third-order valence-electron chi connectivity index (χ3n) is 3.16. The van der Waals surface area contributed by atoms with Crippen molar-refractivity contribution in [2.24, 2.45) is 5.41 Å². The molecule has 2 nitrogen and oxygen atoms in total. The van der Waals surface area contributed by atoms with Crippen molar-refractivity contribution in [2.75, 3.05) is 0 Å². The monoisotopic (exact) mass is 233 g/mol. The average Bonchev–Trinajstić information content (AvgIpc) is 2.20. The molecular formula is C15H23NO. The highest BCUT2D eigenvalue weighted by Crippen LogP contribution is 2.18. The van der Waals surface area contributed by atoms with Crippen LogP contribution in [0.25, 0.3) is 0 Å². The van der Waals surface area contributed by atoms with E-state index < -0.39 is 0 Å². The van der Waals surface area contributed by atoms with E-state index >= 15 is 0 Å². The van der Waals surface area contributed by atoms with Crippen LogP contribution in [0.3, 0.4) is 0 Å². The van der Waals surface area contributed by atoms with Crippen molar-refractivity contribution >= 4 is 5.91 Å². The Morgan fingerprint density at radius 1 is 1.24 bits per heavy atom. The van der Waals surface area contributed by atoms with Gasteiger partial charge in [0.1, 0.15) is 0 Å². The first kappa shape index (κ1) is 13.8. The van der Waals surface area contributed by atoms with Crippen LogP contribution in [0, 0.1) is 12.3 Å². The molecule has 94 valence electrons. The third-order valence-corrected chi connectivity index (χ3v) is 3.16. The second kappa shape index (κ2) is 5.35. The fourth-order valence-electron chi connectivity index (χ4n) is 1.40. The molecule has 0 aliphatic carbocycles. The fraction of sp³-hybridized carbons (Fsp3) is 0.533. The van der Waals surface area contributed by atoms with E-state index in [4.69, 9.17) is 0 Å². The maximum absolute atomic E-state index is 11.8. The summed E-state index contributed by atoms with van der Waals surface area (Å²) in [5.41, 5.74) is 2.38. The quantitative estimate of drug-likeness (QED) is 0.854. The minimum Gasteiger partial charge on any atom is -0.353 e. The molecule has 17 heavy (non-hydrogen) atoms. The molecule has 0 heterocycles. The summed E-state index contributed by atoms with van der Waals surface area (Å²) < 4.78 is 0. The number of nitrogens with one attached hydrogen (secondary N) is 1. The van der Waals surface area contributed by atoms with Crippen LogP contribution in [0.5, 0.6) is 0 Å². The zero-order valence-corrected chi connectivity index (χ0v) is 11.5. The van der Waals surface area contributed by atoms with Crippen molar-refractivity contribution in [1.82, 2.24) is 5.32 Å². The Hall–Kier alpha value is -1.31. The molecule has 0 aliphatic heterocycles. The van der Waals surface area contributed by atoms with E-state index in [0.717, 1.165) is 5.56 Å². The van der Waals surface area contributed by atoms with Crippen LogP contribution >= 0.6 is 0 Å². The molecule has 0 fully saturated rings. The van der Waals surface area contributed by atoms with Crippen molar-refractivity contribution in [3.63, 3.8) is 0 Å². The summed E-state index contributed by atoms with van der Waals surface area (Å²) >= 11 is 0. The summed E-state index contributed by atoms with van der Waals surface area (Å²) in [6.45, 7) is 10.5. The van der Waals surface area contributed by atoms with Crippen LogP contribution in [0.4, 0.5) is 0 Å². The zero-order valence-electron chi connectivity index (χ0n) is 11.5. The van der Waals surface area contributed by atoms with Gasteiger partial charge in [-0.05, 0) is 24.8 Å². The minimum atomic E-state index is 0.0938. The Morgan fingerprint density at radius 2 is 1.76 bits per heavy atom. The Labute approximate surface area is 104 Å². The maximum atomic E-state index is 11.8. The fourth-order valence-corrected chi connectivity index (χ4v) is 1.40. The van der Waals surface area contributed by atoms with E-state index in [1.807, 2.05) is 38.1 Å². The second-order valence-electron chi connectivity index (χ2n) is 5.82. The molecule has 0 saturated heterocycles. The largest absolute Gasteiger partial charge is 0.353 e. The first-order chi connectivity index (χ1) is 7.79. The number of aryl methyl sites for hydroxylation is 1. The maximum Gasteiger partial charge on any atom is 0.224 e. The van der Waals surface area contributed by atoms with Crippen LogP contribution in [-0.2, 0) is 11.2 Å². The summed E-state index contributed by atoms with van der Waals surface area (Å²) in [5, 5.41) is 3.04. The number of hydrogen-bond donors (Lipinski definition) is 1. The summed E-state index contributed by atoms with van der Waals surface area (Å²) in [7, 11) is 0. The van der Waals surface area contributed by atoms with Crippen molar-refractivity contribution in [3.05, 3.63) is 35.4 Å². The molecule has 0 radical (unpaired) electrons. The highest BCUT2D eigenvalue weighted by atomic mass is 16.1. The molecule has 1 aromatic rings. The number of carbonyl (C=O) groups is 1. The highest BCUT2D eigenvalue weighted by molar-refractivity contribution is 5.78. The van der Waals surface area contributed by atoms with Gasteiger partial charge in [-0.1, -0.05) is 50.6 Å². The number of amides is 1. The molecule has 0 spiro atoms. The van der Waals surface area contributed by atoms with Gasteiger partial charge < -0.3 is 5.32 Å². The number of hydrogen-bond acceptors (Lipinski definition) is 1. The minimum absolute atomic E-state index is 0.0938. The van der Waals surface area contributed by atoms with Gasteiger partial charge in [0.2, 0.25) is 5.91 Å². The van der Waals surface area contributed by atoms with E-state index in [1.54, 1.807) is 0 Å². The summed E-state index contributed by atoms with van der Waals surface area (Å²) in [4.78, 5) is 11.8. The van der Waals surface area contributed by atoms with E-state index in [2.05, 4.69) is 26.1 Å². The molecule has 1 amide bonds. The average molecular weight is 233 g/mol. The van der Waals surface area contributed by atoms with Gasteiger partial charge >= 0.3 is 0 Å². The Bertz CT molecular complexity index is 373. The summed E-state index contributed by atoms with van der Waals surface area (Å²) in [6, 6.07) is 8.28. The lowest BCUT2D eigenvalue weighted by Gasteiger charge is -2.28. The normalized spacial score (nSPS) is 13.2. The number of carbonyl (C=O) groups excluding carboxylic acids is 1. The molecule has 2 heteroatoms. The van der Waals surface area contributed by atoms with Gasteiger partial charge in [-0.3, -0.25) is 4.79 Å². The van der Waals surface area contributed by atoms with E-state index in [9.17, 15) is 4.79 Å². The lowest BCUT2D eigenvalue weighted by atomic mass is 9.88. The molecule has 1 atom stereocenters. The Balaban J connectivity index is 2.53. The van der Waals surface area contributed by atoms with Crippen LogP contribution in [0.2, 0.25) is 0 Å². The number of benzene rings is 1. The van der Waals surface area contributed by atoms with Crippen LogP contribution < -0.4 is 5.32 Å². The van der Waals surface area contributed by atoms with E-state index in [1.165, 1.54) is 5.56 Å². The predicted octanol–water partition coefficient (Wildman–Crippen LogP) is 3.09. The predicted molar refractivity (Wildman–Crippen MR) is 71.9 cm³/mol. The number of rotatable bonds is 3. The highest BCUT2D eigenvalue weighted by Gasteiger charge is 2.21. The summed E-state index contributed by atoms with van der Waals surface area (Å²) in [5.74, 6) is 0.0938. The summed E-state index contributed by atoms with van der Waals surface area (Å²) in [6.07, 6.45) is 0.459. The zero-order chi connectivity index (χ0) is 13.1. The molecule has 0 aromatic heterocycles. The first-order valence-electron chi connectivity index (χ1n) is 6.14. The molecule has 0 saturated carbocycles. The molecule has 1 N–H and O–H groups in total. The van der Waals surface area contributed by atoms with Crippen LogP contribution in [0.15, 0.2) is 24.3 Å². The van der Waals surface area contributed by atoms with Crippen molar-refractivity contribution in [2.45, 2.75) is 47.1 Å². The molecule has 1 aromatic carbocycles. The SMILES string of the molecule is Cc1ccc(CC(=O)NC(C)C(C)(C)C)cc1. The Kier molecular flexibility index (Phi) is 4.33.